The molecule has 11 heteroatoms. The number of hydrogen-bond acceptors (Lipinski definition) is 9. The van der Waals surface area contributed by atoms with Gasteiger partial charge in [-0.2, -0.15) is 4.98 Å². The lowest BCUT2D eigenvalue weighted by Gasteiger charge is -2.35. The van der Waals surface area contributed by atoms with E-state index in [0.717, 1.165) is 27.8 Å². The van der Waals surface area contributed by atoms with Crippen LogP contribution in [0.5, 0.6) is 0 Å². The van der Waals surface area contributed by atoms with Crippen LogP contribution < -0.4 is 5.73 Å². The minimum Gasteiger partial charge on any atom is -0.386 e. The van der Waals surface area contributed by atoms with E-state index in [0.29, 0.717) is 17.6 Å². The van der Waals surface area contributed by atoms with Crippen LogP contribution >= 0.6 is 11.6 Å². The molecule has 0 amide bonds. The second-order valence-electron chi connectivity index (χ2n) is 13.1. The fraction of sp³-hybridized carbons (Fsp3) is 0.286. The Labute approximate surface area is 314 Å². The number of aryl methyl sites for hydroxylation is 1. The van der Waals surface area contributed by atoms with Gasteiger partial charge in [-0.3, -0.25) is 0 Å². The Kier molecular flexibility index (Phi) is 12.1. The predicted octanol–water partition coefficient (Wildman–Crippen LogP) is 7.21. The number of nitrogens with two attached hydrogens (primary N) is 1. The molecule has 3 heterocycles. The van der Waals surface area contributed by atoms with Crippen molar-refractivity contribution in [2.24, 2.45) is 0 Å². The second-order valence-corrected chi connectivity index (χ2v) is 13.5. The smallest absolute Gasteiger partial charge is 0.223 e. The van der Waals surface area contributed by atoms with Gasteiger partial charge in [0.25, 0.3) is 0 Å². The normalized spacial score (nSPS) is 21.8. The molecule has 0 radical (unpaired) electrons. The zero-order valence-corrected chi connectivity index (χ0v) is 30.2. The molecule has 10 nitrogen and oxygen atoms in total. The first-order chi connectivity index (χ1) is 25.9. The third-order valence-corrected chi connectivity index (χ3v) is 9.59. The van der Waals surface area contributed by atoms with Crippen molar-refractivity contribution in [3.8, 4) is 0 Å². The minimum atomic E-state index is -1.29. The van der Waals surface area contributed by atoms with Gasteiger partial charge in [-0.15, -0.1) is 0 Å². The van der Waals surface area contributed by atoms with Gasteiger partial charge in [0.05, 0.1) is 38.4 Å². The average molecular weight is 735 g/mol. The van der Waals surface area contributed by atoms with Gasteiger partial charge < -0.3 is 39.1 Å². The van der Waals surface area contributed by atoms with E-state index >= 15 is 0 Å². The van der Waals surface area contributed by atoms with Gasteiger partial charge in [-0.25, -0.2) is 4.98 Å². The van der Waals surface area contributed by atoms with E-state index in [-0.39, 0.29) is 37.5 Å². The molecule has 0 spiro atoms. The van der Waals surface area contributed by atoms with E-state index in [9.17, 15) is 5.11 Å². The van der Waals surface area contributed by atoms with E-state index < -0.39 is 36.7 Å². The number of benzene rings is 4. The number of nitrogen functional groups attached to an aromatic ring is 1. The molecule has 1 aliphatic heterocycles. The van der Waals surface area contributed by atoms with Crippen LogP contribution in [0, 0.1) is 6.92 Å². The first-order valence-electron chi connectivity index (χ1n) is 17.7. The lowest BCUT2D eigenvalue weighted by atomic mass is 9.99. The summed E-state index contributed by atoms with van der Waals surface area (Å²) in [5.41, 5.74) is 11.2. The number of ether oxygens (including phenoxy) is 5. The standard InChI is InChI=1S/C42H43ClN4O6/c1-28-22-47(40-34(28)39(43)45-42(44)46-40)41-35(48)37(51-25-31-18-10-4-11-19-31)38(52-26-32-20-12-5-13-21-32)36(50-24-30-16-8-3-9-17-30)33(53-41)27-49-23-29-14-6-2-7-15-29/h2-22,33,35-38,41,48H,23-27H2,1H3,(H2,44,45,46)/t33-,35-,36+,37+,38+,41-/m1/s1. The van der Waals surface area contributed by atoms with Crippen LogP contribution in [-0.4, -0.2) is 56.8 Å². The fourth-order valence-electron chi connectivity index (χ4n) is 6.70. The molecule has 53 heavy (non-hydrogen) atoms. The highest BCUT2D eigenvalue weighted by molar-refractivity contribution is 6.34. The van der Waals surface area contributed by atoms with Crippen molar-refractivity contribution in [1.82, 2.24) is 14.5 Å². The molecular formula is C42H43ClN4O6. The van der Waals surface area contributed by atoms with Gasteiger partial charge in [0, 0.05) is 6.20 Å². The van der Waals surface area contributed by atoms with Gasteiger partial charge in [0.2, 0.25) is 5.95 Å². The first kappa shape index (κ1) is 36.7. The minimum absolute atomic E-state index is 0.00211. The zero-order valence-electron chi connectivity index (χ0n) is 29.4. The number of halogens is 1. The van der Waals surface area contributed by atoms with E-state index in [1.54, 1.807) is 4.57 Å². The van der Waals surface area contributed by atoms with Crippen molar-refractivity contribution in [2.75, 3.05) is 12.3 Å². The molecule has 0 aliphatic carbocycles. The Bertz CT molecular complexity index is 2040. The largest absolute Gasteiger partial charge is 0.386 e. The first-order valence-corrected chi connectivity index (χ1v) is 18.0. The number of rotatable bonds is 14. The molecule has 1 fully saturated rings. The van der Waals surface area contributed by atoms with Crippen molar-refractivity contribution < 1.29 is 28.8 Å². The van der Waals surface area contributed by atoms with Crippen LogP contribution in [0.1, 0.15) is 34.0 Å². The molecule has 4 aromatic carbocycles. The lowest BCUT2D eigenvalue weighted by molar-refractivity contribution is -0.185. The number of hydrogen-bond donors (Lipinski definition) is 2. The van der Waals surface area contributed by atoms with Gasteiger partial charge in [-0.05, 0) is 34.7 Å². The summed E-state index contributed by atoms with van der Waals surface area (Å²) in [5, 5.41) is 13.4. The maximum absolute atomic E-state index is 12.6. The summed E-state index contributed by atoms with van der Waals surface area (Å²) in [6.07, 6.45) is -3.78. The molecular weight excluding hydrogens is 692 g/mol. The number of nitrogens with zero attached hydrogens (tertiary/aromatic N) is 3. The topological polar surface area (TPSA) is 123 Å². The lowest BCUT2D eigenvalue weighted by Crippen LogP contribution is -2.51. The maximum atomic E-state index is 12.6. The molecule has 6 atom stereocenters. The van der Waals surface area contributed by atoms with Crippen LogP contribution in [0.15, 0.2) is 128 Å². The van der Waals surface area contributed by atoms with Crippen LogP contribution in [0.2, 0.25) is 5.15 Å². The monoisotopic (exact) mass is 734 g/mol. The van der Waals surface area contributed by atoms with Crippen molar-refractivity contribution in [3.63, 3.8) is 0 Å². The molecule has 2 aromatic heterocycles. The Balaban J connectivity index is 1.32. The molecule has 0 bridgehead atoms. The second kappa shape index (κ2) is 17.5. The molecule has 6 aromatic rings. The van der Waals surface area contributed by atoms with E-state index in [2.05, 4.69) is 9.97 Å². The van der Waals surface area contributed by atoms with Gasteiger partial charge >= 0.3 is 0 Å². The van der Waals surface area contributed by atoms with Gasteiger partial charge in [-0.1, -0.05) is 133 Å². The Morgan fingerprint density at radius 3 is 1.68 bits per heavy atom. The quantitative estimate of drug-likeness (QED) is 0.112. The maximum Gasteiger partial charge on any atom is 0.223 e. The summed E-state index contributed by atoms with van der Waals surface area (Å²) < 4.78 is 35.4. The molecule has 1 aliphatic rings. The van der Waals surface area contributed by atoms with Crippen LogP contribution in [-0.2, 0) is 50.1 Å². The van der Waals surface area contributed by atoms with Crippen molar-refractivity contribution in [3.05, 3.63) is 160 Å². The van der Waals surface area contributed by atoms with Crippen molar-refractivity contribution in [1.29, 1.82) is 0 Å². The highest BCUT2D eigenvalue weighted by Crippen LogP contribution is 2.37. The number of anilines is 1. The molecule has 7 rings (SSSR count). The molecule has 0 unspecified atom stereocenters. The predicted molar refractivity (Wildman–Crippen MR) is 203 cm³/mol. The van der Waals surface area contributed by atoms with Crippen molar-refractivity contribution >= 4 is 28.6 Å². The highest BCUT2D eigenvalue weighted by atomic mass is 35.5. The third kappa shape index (κ3) is 8.94. The van der Waals surface area contributed by atoms with Gasteiger partial charge in [0.1, 0.15) is 41.3 Å². The number of aliphatic hydroxyl groups excluding tert-OH is 1. The van der Waals surface area contributed by atoms with Gasteiger partial charge in [0.15, 0.2) is 6.23 Å². The zero-order chi connectivity index (χ0) is 36.6. The third-order valence-electron chi connectivity index (χ3n) is 9.32. The summed E-state index contributed by atoms with van der Waals surface area (Å²) in [4.78, 5) is 8.73. The van der Waals surface area contributed by atoms with Crippen LogP contribution in [0.4, 0.5) is 5.95 Å². The number of aliphatic hydroxyl groups is 1. The molecule has 0 saturated carbocycles. The van der Waals surface area contributed by atoms with Crippen LogP contribution in [0.3, 0.4) is 0 Å². The highest BCUT2D eigenvalue weighted by Gasteiger charge is 2.49. The molecule has 274 valence electrons. The van der Waals surface area contributed by atoms with E-state index in [1.165, 1.54) is 0 Å². The number of fused-ring (bicyclic) bond motifs is 1. The van der Waals surface area contributed by atoms with E-state index in [1.807, 2.05) is 134 Å². The van der Waals surface area contributed by atoms with Crippen molar-refractivity contribution in [2.45, 2.75) is 70.1 Å². The summed E-state index contributed by atoms with van der Waals surface area (Å²) in [5.74, 6) is -0.00211. The summed E-state index contributed by atoms with van der Waals surface area (Å²) in [6.45, 7) is 3.05. The number of aromatic nitrogens is 3. The summed E-state index contributed by atoms with van der Waals surface area (Å²) in [7, 11) is 0. The Morgan fingerprint density at radius 1 is 0.679 bits per heavy atom. The molecule has 1 saturated heterocycles. The fourth-order valence-corrected chi connectivity index (χ4v) is 7.02. The summed E-state index contributed by atoms with van der Waals surface area (Å²) >= 11 is 6.60. The van der Waals surface area contributed by atoms with Crippen LogP contribution in [0.25, 0.3) is 11.0 Å². The molecule has 3 N–H and O–H groups in total. The SMILES string of the molecule is Cc1cn([C@@H]2O[C@H](COCc3ccccc3)[C@H](OCc3ccccc3)[C@H](OCc3ccccc3)[C@@H](OCc3ccccc3)[C@H]2O)c2nc(N)nc(Cl)c12. The Morgan fingerprint density at radius 2 is 1.15 bits per heavy atom. The summed E-state index contributed by atoms with van der Waals surface area (Å²) in [6, 6.07) is 39.5. The van der Waals surface area contributed by atoms with E-state index in [4.69, 9.17) is 41.0 Å². The average Bonchev–Trinajstić information content (AvgIpc) is 3.46. The Hall–Kier alpha value is -4.65.